The van der Waals surface area contributed by atoms with Crippen molar-refractivity contribution in [3.8, 4) is 0 Å². The topological polar surface area (TPSA) is 197 Å². The van der Waals surface area contributed by atoms with Crippen LogP contribution in [0.3, 0.4) is 0 Å². The van der Waals surface area contributed by atoms with E-state index in [9.17, 15) is 30.3 Å². The Morgan fingerprint density at radius 3 is 2.09 bits per heavy atom. The minimum Gasteiger partial charge on any atom is -0.394 e. The van der Waals surface area contributed by atoms with Crippen LogP contribution in [0.5, 0.6) is 0 Å². The van der Waals surface area contributed by atoms with Crippen molar-refractivity contribution < 1.29 is 55.1 Å². The summed E-state index contributed by atoms with van der Waals surface area (Å²) >= 11 is 0. The van der Waals surface area contributed by atoms with E-state index >= 15 is 0 Å². The zero-order valence-electron chi connectivity index (χ0n) is 12.0. The Hall–Kier alpha value is -0.730. The van der Waals surface area contributed by atoms with Gasteiger partial charge in [-0.05, 0) is 0 Å². The molecule has 1 saturated heterocycles. The van der Waals surface area contributed by atoms with Crippen LogP contribution in [0.1, 0.15) is 0 Å². The number of hydrogen-bond acceptors (Lipinski definition) is 11. The number of rotatable bonds is 8. The monoisotopic (exact) mass is 342 g/mol. The van der Waals surface area contributed by atoms with Crippen LogP contribution in [0.25, 0.3) is 0 Å². The maximum Gasteiger partial charge on any atom is 0.195 e. The van der Waals surface area contributed by atoms with Crippen LogP contribution in [-0.2, 0) is 14.3 Å². The van der Waals surface area contributed by atoms with Crippen LogP contribution >= 0.6 is 0 Å². The third-order valence-corrected chi connectivity index (χ3v) is 3.45. The number of hydrogen-bond donors (Lipinski definition) is 8. The first-order valence-electron chi connectivity index (χ1n) is 6.86. The lowest BCUT2D eigenvalue weighted by atomic mass is 9.99. The number of ether oxygens (including phenoxy) is 2. The van der Waals surface area contributed by atoms with Gasteiger partial charge in [0.25, 0.3) is 0 Å². The van der Waals surface area contributed by atoms with Gasteiger partial charge in [-0.1, -0.05) is 0 Å². The summed E-state index contributed by atoms with van der Waals surface area (Å²) in [6.07, 6.45) is -13.9. The minimum absolute atomic E-state index is 0.731. The van der Waals surface area contributed by atoms with E-state index in [0.717, 1.165) is 0 Å². The van der Waals surface area contributed by atoms with Gasteiger partial charge in [-0.3, -0.25) is 4.79 Å². The first-order valence-corrected chi connectivity index (χ1v) is 6.86. The predicted octanol–water partition coefficient (Wildman–Crippen LogP) is -5.55. The first-order chi connectivity index (χ1) is 10.8. The zero-order valence-corrected chi connectivity index (χ0v) is 12.0. The van der Waals surface area contributed by atoms with Gasteiger partial charge in [0, 0.05) is 0 Å². The summed E-state index contributed by atoms with van der Waals surface area (Å²) in [5.41, 5.74) is 0. The molecule has 1 unspecified atom stereocenters. The summed E-state index contributed by atoms with van der Waals surface area (Å²) in [7, 11) is 0. The Morgan fingerprint density at radius 1 is 1.00 bits per heavy atom. The highest BCUT2D eigenvalue weighted by Gasteiger charge is 2.46. The van der Waals surface area contributed by atoms with Crippen molar-refractivity contribution in [3.63, 3.8) is 0 Å². The van der Waals surface area contributed by atoms with Crippen molar-refractivity contribution >= 4 is 5.78 Å². The van der Waals surface area contributed by atoms with Gasteiger partial charge in [0.2, 0.25) is 0 Å². The van der Waals surface area contributed by atoms with Crippen molar-refractivity contribution in [1.82, 2.24) is 0 Å². The molecule has 11 heteroatoms. The summed E-state index contributed by atoms with van der Waals surface area (Å²) in [6.45, 7) is -2.64. The number of carbonyl (C=O) groups excluding carboxylic acids is 1. The summed E-state index contributed by atoms with van der Waals surface area (Å²) in [6, 6.07) is 0. The third kappa shape index (κ3) is 4.64. The van der Waals surface area contributed by atoms with E-state index in [1.54, 1.807) is 0 Å². The third-order valence-electron chi connectivity index (χ3n) is 3.45. The van der Waals surface area contributed by atoms with Crippen LogP contribution in [0, 0.1) is 0 Å². The largest absolute Gasteiger partial charge is 0.394 e. The van der Waals surface area contributed by atoms with Crippen molar-refractivity contribution in [3.05, 3.63) is 0 Å². The maximum atomic E-state index is 11.8. The van der Waals surface area contributed by atoms with E-state index in [0.29, 0.717) is 0 Å². The second-order valence-electron chi connectivity index (χ2n) is 5.10. The van der Waals surface area contributed by atoms with Gasteiger partial charge < -0.3 is 50.3 Å². The number of aliphatic hydroxyl groups excluding tert-OH is 8. The second kappa shape index (κ2) is 8.94. The molecule has 1 rings (SSSR count). The molecule has 8 N–H and O–H groups in total. The molecule has 0 bridgehead atoms. The van der Waals surface area contributed by atoms with Crippen LogP contribution in [0.15, 0.2) is 0 Å². The van der Waals surface area contributed by atoms with Crippen LogP contribution < -0.4 is 0 Å². The maximum absolute atomic E-state index is 11.8. The average Bonchev–Trinajstić information content (AvgIpc) is 2.57. The number of ketones is 1. The van der Waals surface area contributed by atoms with E-state index in [-0.39, 0.29) is 0 Å². The molecule has 23 heavy (non-hydrogen) atoms. The molecular formula is C12H22O11. The molecular weight excluding hydrogens is 320 g/mol. The number of aliphatic hydroxyl groups is 8. The molecule has 1 aliphatic heterocycles. The van der Waals surface area contributed by atoms with Gasteiger partial charge >= 0.3 is 0 Å². The minimum atomic E-state index is -1.91. The van der Waals surface area contributed by atoms with Gasteiger partial charge in [-0.2, -0.15) is 0 Å². The SMILES string of the molecule is O=C(C(O)CO)[C@H](O[C@@H]1O[C@H](CO)[C@H](O)[C@H](O)[C@H]1O)[C@H](O)CO. The normalized spacial score (nSPS) is 35.6. The summed E-state index contributed by atoms with van der Waals surface area (Å²) in [5.74, 6) is -1.19. The summed E-state index contributed by atoms with van der Waals surface area (Å²) in [4.78, 5) is 11.8. The lowest BCUT2D eigenvalue weighted by Crippen LogP contribution is -2.61. The molecule has 1 aliphatic rings. The zero-order chi connectivity index (χ0) is 17.7. The summed E-state index contributed by atoms with van der Waals surface area (Å²) in [5, 5.41) is 74.7. The lowest BCUT2D eigenvalue weighted by Gasteiger charge is -2.41. The van der Waals surface area contributed by atoms with Gasteiger partial charge in [-0.25, -0.2) is 0 Å². The van der Waals surface area contributed by atoms with E-state index in [1.165, 1.54) is 0 Å². The highest BCUT2D eigenvalue weighted by Crippen LogP contribution is 2.24. The van der Waals surface area contributed by atoms with Gasteiger partial charge in [0.1, 0.15) is 42.7 Å². The molecule has 0 amide bonds. The molecule has 0 aromatic rings. The Kier molecular flexibility index (Phi) is 7.89. The highest BCUT2D eigenvalue weighted by atomic mass is 16.7. The van der Waals surface area contributed by atoms with Crippen LogP contribution in [-0.4, -0.2) is 115 Å². The van der Waals surface area contributed by atoms with Gasteiger partial charge in [0.05, 0.1) is 19.8 Å². The Balaban J connectivity index is 2.91. The van der Waals surface area contributed by atoms with Crippen molar-refractivity contribution in [2.45, 2.75) is 49.0 Å². The smallest absolute Gasteiger partial charge is 0.195 e. The predicted molar refractivity (Wildman–Crippen MR) is 69.8 cm³/mol. The quantitative estimate of drug-likeness (QED) is 0.209. The Morgan fingerprint density at radius 2 is 1.61 bits per heavy atom. The summed E-state index contributed by atoms with van der Waals surface area (Å²) < 4.78 is 10.0. The molecule has 8 atom stereocenters. The molecule has 0 aliphatic carbocycles. The van der Waals surface area contributed by atoms with E-state index in [1.807, 2.05) is 0 Å². The second-order valence-corrected chi connectivity index (χ2v) is 5.10. The highest BCUT2D eigenvalue weighted by molar-refractivity contribution is 5.87. The van der Waals surface area contributed by atoms with Crippen molar-refractivity contribution in [2.75, 3.05) is 19.8 Å². The molecule has 0 spiro atoms. The molecule has 0 aromatic heterocycles. The molecule has 1 fully saturated rings. The van der Waals surface area contributed by atoms with Crippen molar-refractivity contribution in [2.24, 2.45) is 0 Å². The van der Waals surface area contributed by atoms with Gasteiger partial charge in [0.15, 0.2) is 12.1 Å². The lowest BCUT2D eigenvalue weighted by molar-refractivity contribution is -0.314. The Labute approximate surface area is 130 Å². The van der Waals surface area contributed by atoms with E-state index < -0.39 is 74.6 Å². The molecule has 0 saturated carbocycles. The average molecular weight is 342 g/mol. The molecule has 136 valence electrons. The molecule has 0 radical (unpaired) electrons. The standard InChI is InChI=1S/C12H22O11/c13-1-4(16)7(18)11(5(17)2-14)23-12-10(21)9(20)8(19)6(3-15)22-12/h4-6,8-17,19-21H,1-3H2/t4?,5-,6-,8+,9+,10-,11-,12+/m1/s1. The first kappa shape index (κ1) is 20.3. The fourth-order valence-electron chi connectivity index (χ4n) is 2.05. The molecule has 11 nitrogen and oxygen atoms in total. The van der Waals surface area contributed by atoms with Crippen LogP contribution in [0.2, 0.25) is 0 Å². The number of carbonyl (C=O) groups is 1. The van der Waals surface area contributed by atoms with E-state index in [2.05, 4.69) is 0 Å². The fourth-order valence-corrected chi connectivity index (χ4v) is 2.05. The van der Waals surface area contributed by atoms with E-state index in [4.69, 9.17) is 24.8 Å². The number of Topliss-reactive ketones (excluding diaryl/α,β-unsaturated/α-hetero) is 1. The fraction of sp³-hybridized carbons (Fsp3) is 0.917. The Bertz CT molecular complexity index is 376. The van der Waals surface area contributed by atoms with Gasteiger partial charge in [-0.15, -0.1) is 0 Å². The van der Waals surface area contributed by atoms with Crippen LogP contribution in [0.4, 0.5) is 0 Å². The van der Waals surface area contributed by atoms with Crippen molar-refractivity contribution in [1.29, 1.82) is 0 Å². The molecule has 0 aromatic carbocycles. The molecule has 1 heterocycles.